The fourth-order valence-corrected chi connectivity index (χ4v) is 1.86. The van der Waals surface area contributed by atoms with Gasteiger partial charge in [-0.1, -0.05) is 18.2 Å². The van der Waals surface area contributed by atoms with Gasteiger partial charge in [0.2, 0.25) is 0 Å². The van der Waals surface area contributed by atoms with Crippen molar-refractivity contribution in [3.63, 3.8) is 0 Å². The van der Waals surface area contributed by atoms with Gasteiger partial charge in [-0.2, -0.15) is 0 Å². The van der Waals surface area contributed by atoms with Gasteiger partial charge in [0.25, 0.3) is 0 Å². The van der Waals surface area contributed by atoms with E-state index >= 15 is 0 Å². The molecule has 0 aliphatic carbocycles. The average Bonchev–Trinajstić information content (AvgIpc) is 2.46. The molecular weight excluding hydrogens is 224 g/mol. The Labute approximate surface area is 108 Å². The minimum Gasteiger partial charge on any atom is -0.497 e. The third-order valence-corrected chi connectivity index (χ3v) is 2.97. The second-order valence-corrected chi connectivity index (χ2v) is 4.13. The minimum atomic E-state index is 0.555. The van der Waals surface area contributed by atoms with Crippen LogP contribution in [0.25, 0.3) is 0 Å². The summed E-state index contributed by atoms with van der Waals surface area (Å²) in [5.41, 5.74) is 9.00. The Bertz CT molecular complexity index is 478. The number of benzene rings is 2. The van der Waals surface area contributed by atoms with Gasteiger partial charge in [0, 0.05) is 31.0 Å². The molecule has 2 rings (SSSR count). The number of ether oxygens (including phenoxy) is 1. The van der Waals surface area contributed by atoms with Crippen molar-refractivity contribution in [2.75, 3.05) is 19.1 Å². The highest BCUT2D eigenvalue weighted by molar-refractivity contribution is 5.64. The number of methoxy groups -OCH3 is 1. The quantitative estimate of drug-likeness (QED) is 0.896. The predicted octanol–water partition coefficient (Wildman–Crippen LogP) is 2.92. The van der Waals surface area contributed by atoms with Crippen molar-refractivity contribution in [3.8, 4) is 5.75 Å². The summed E-state index contributed by atoms with van der Waals surface area (Å²) in [6, 6.07) is 16.2. The van der Waals surface area contributed by atoms with E-state index < -0.39 is 0 Å². The van der Waals surface area contributed by atoms with Gasteiger partial charge in [0.15, 0.2) is 0 Å². The van der Waals surface area contributed by atoms with Crippen molar-refractivity contribution in [1.29, 1.82) is 0 Å². The highest BCUT2D eigenvalue weighted by Gasteiger charge is 2.05. The zero-order valence-corrected chi connectivity index (χ0v) is 10.8. The van der Waals surface area contributed by atoms with E-state index in [4.69, 9.17) is 10.5 Å². The topological polar surface area (TPSA) is 38.5 Å². The zero-order valence-electron chi connectivity index (χ0n) is 10.8. The van der Waals surface area contributed by atoms with Crippen LogP contribution in [0.3, 0.4) is 0 Å². The molecule has 18 heavy (non-hydrogen) atoms. The van der Waals surface area contributed by atoms with Crippen molar-refractivity contribution in [2.24, 2.45) is 5.73 Å². The molecule has 0 saturated carbocycles. The van der Waals surface area contributed by atoms with Crippen LogP contribution in [0.4, 0.5) is 11.4 Å². The highest BCUT2D eigenvalue weighted by atomic mass is 16.5. The summed E-state index contributed by atoms with van der Waals surface area (Å²) in [5, 5.41) is 0. The lowest BCUT2D eigenvalue weighted by atomic mass is 10.2. The first-order valence-electron chi connectivity index (χ1n) is 5.91. The lowest BCUT2D eigenvalue weighted by molar-refractivity contribution is 0.415. The zero-order chi connectivity index (χ0) is 13.0. The molecule has 94 valence electrons. The van der Waals surface area contributed by atoms with Crippen molar-refractivity contribution >= 4 is 11.4 Å². The van der Waals surface area contributed by atoms with Crippen molar-refractivity contribution < 1.29 is 4.74 Å². The summed E-state index contributed by atoms with van der Waals surface area (Å²) < 4.78 is 5.24. The molecule has 3 heteroatoms. The number of anilines is 2. The van der Waals surface area contributed by atoms with E-state index in [0.717, 1.165) is 22.7 Å². The Morgan fingerprint density at radius 1 is 1.06 bits per heavy atom. The third kappa shape index (κ3) is 2.63. The molecule has 0 spiro atoms. The third-order valence-electron chi connectivity index (χ3n) is 2.97. The van der Waals surface area contributed by atoms with Gasteiger partial charge >= 0.3 is 0 Å². The summed E-state index contributed by atoms with van der Waals surface area (Å²) in [6.45, 7) is 0.555. The second kappa shape index (κ2) is 5.56. The van der Waals surface area contributed by atoms with Crippen LogP contribution in [0.2, 0.25) is 0 Å². The molecule has 0 aliphatic rings. The van der Waals surface area contributed by atoms with Gasteiger partial charge in [-0.25, -0.2) is 0 Å². The van der Waals surface area contributed by atoms with Crippen LogP contribution in [0.5, 0.6) is 5.75 Å². The van der Waals surface area contributed by atoms with Crippen LogP contribution in [0.15, 0.2) is 48.5 Å². The van der Waals surface area contributed by atoms with Crippen LogP contribution in [-0.2, 0) is 6.54 Å². The Kier molecular flexibility index (Phi) is 3.85. The van der Waals surface area contributed by atoms with Crippen LogP contribution in [0.1, 0.15) is 5.56 Å². The molecule has 0 heterocycles. The Balaban J connectivity index is 2.31. The maximum atomic E-state index is 5.66. The molecular formula is C15H18N2O. The Morgan fingerprint density at radius 2 is 1.72 bits per heavy atom. The first-order chi connectivity index (χ1) is 8.74. The molecule has 0 bridgehead atoms. The number of rotatable bonds is 4. The van der Waals surface area contributed by atoms with Crippen molar-refractivity contribution in [1.82, 2.24) is 0 Å². The summed E-state index contributed by atoms with van der Waals surface area (Å²) in [7, 11) is 3.71. The van der Waals surface area contributed by atoms with E-state index in [2.05, 4.69) is 23.1 Å². The van der Waals surface area contributed by atoms with Gasteiger partial charge in [-0.05, 0) is 29.8 Å². The standard InChI is InChI=1S/C15H18N2O/c1-17(13-6-3-5-12(9-13)11-16)14-7-4-8-15(10-14)18-2/h3-10H,11,16H2,1-2H3. The molecule has 0 atom stereocenters. The van der Waals surface area contributed by atoms with Gasteiger partial charge in [-0.15, -0.1) is 0 Å². The Hall–Kier alpha value is -2.00. The number of nitrogens with zero attached hydrogens (tertiary/aromatic N) is 1. The van der Waals surface area contributed by atoms with Crippen LogP contribution in [-0.4, -0.2) is 14.2 Å². The highest BCUT2D eigenvalue weighted by Crippen LogP contribution is 2.27. The molecule has 3 nitrogen and oxygen atoms in total. The maximum Gasteiger partial charge on any atom is 0.120 e. The van der Waals surface area contributed by atoms with Crippen molar-refractivity contribution in [3.05, 3.63) is 54.1 Å². The fraction of sp³-hybridized carbons (Fsp3) is 0.200. The minimum absolute atomic E-state index is 0.555. The summed E-state index contributed by atoms with van der Waals surface area (Å²) >= 11 is 0. The summed E-state index contributed by atoms with van der Waals surface area (Å²) in [4.78, 5) is 2.11. The van der Waals surface area contributed by atoms with Crippen molar-refractivity contribution in [2.45, 2.75) is 6.54 Å². The number of nitrogens with two attached hydrogens (primary N) is 1. The first kappa shape index (κ1) is 12.5. The molecule has 0 aromatic heterocycles. The van der Waals surface area contributed by atoms with Crippen LogP contribution < -0.4 is 15.4 Å². The van der Waals surface area contributed by atoms with Gasteiger partial charge in [0.1, 0.15) is 5.75 Å². The van der Waals surface area contributed by atoms with E-state index in [1.54, 1.807) is 7.11 Å². The van der Waals surface area contributed by atoms with Gasteiger partial charge in [-0.3, -0.25) is 0 Å². The predicted molar refractivity (Wildman–Crippen MR) is 75.4 cm³/mol. The summed E-state index contributed by atoms with van der Waals surface area (Å²) in [6.07, 6.45) is 0. The number of hydrogen-bond donors (Lipinski definition) is 1. The largest absolute Gasteiger partial charge is 0.497 e. The molecule has 0 fully saturated rings. The van der Waals surface area contributed by atoms with Gasteiger partial charge in [0.05, 0.1) is 7.11 Å². The lowest BCUT2D eigenvalue weighted by Crippen LogP contribution is -2.10. The van der Waals surface area contributed by atoms with E-state index in [9.17, 15) is 0 Å². The van der Waals surface area contributed by atoms with Crippen LogP contribution in [0, 0.1) is 0 Å². The Morgan fingerprint density at radius 3 is 2.39 bits per heavy atom. The molecule has 2 N–H and O–H groups in total. The van der Waals surface area contributed by atoms with E-state index in [-0.39, 0.29) is 0 Å². The van der Waals surface area contributed by atoms with Gasteiger partial charge < -0.3 is 15.4 Å². The monoisotopic (exact) mass is 242 g/mol. The molecule has 2 aromatic carbocycles. The first-order valence-corrected chi connectivity index (χ1v) is 5.91. The van der Waals surface area contributed by atoms with E-state index in [0.29, 0.717) is 6.54 Å². The molecule has 0 amide bonds. The van der Waals surface area contributed by atoms with E-state index in [1.807, 2.05) is 37.4 Å². The number of hydrogen-bond acceptors (Lipinski definition) is 3. The normalized spacial score (nSPS) is 10.2. The molecule has 0 radical (unpaired) electrons. The second-order valence-electron chi connectivity index (χ2n) is 4.13. The smallest absolute Gasteiger partial charge is 0.120 e. The molecule has 0 unspecified atom stereocenters. The lowest BCUT2D eigenvalue weighted by Gasteiger charge is -2.20. The molecule has 0 aliphatic heterocycles. The molecule has 0 saturated heterocycles. The fourth-order valence-electron chi connectivity index (χ4n) is 1.86. The van der Waals surface area contributed by atoms with E-state index in [1.165, 1.54) is 0 Å². The maximum absolute atomic E-state index is 5.66. The average molecular weight is 242 g/mol. The molecule has 2 aromatic rings. The summed E-state index contributed by atoms with van der Waals surface area (Å²) in [5.74, 6) is 0.856. The SMILES string of the molecule is COc1cccc(N(C)c2cccc(CN)c2)c1. The van der Waals surface area contributed by atoms with Crippen LogP contribution >= 0.6 is 0 Å².